The normalized spacial score (nSPS) is 17.3. The summed E-state index contributed by atoms with van der Waals surface area (Å²) in [5.41, 5.74) is 2.16. The number of nitrogens with one attached hydrogen (secondary N) is 2. The minimum absolute atomic E-state index is 0.0584. The number of anilines is 1. The molecule has 8 heteroatoms. The monoisotopic (exact) mass is 445 g/mol. The Morgan fingerprint density at radius 2 is 1.97 bits per heavy atom. The van der Waals surface area contributed by atoms with E-state index in [0.29, 0.717) is 24.3 Å². The number of piperidine rings is 1. The van der Waals surface area contributed by atoms with E-state index in [1.807, 2.05) is 6.07 Å². The molecule has 0 spiro atoms. The Morgan fingerprint density at radius 1 is 1.19 bits per heavy atom. The minimum Gasteiger partial charge on any atom is -0.326 e. The van der Waals surface area contributed by atoms with Crippen LogP contribution in [0.25, 0.3) is 0 Å². The van der Waals surface area contributed by atoms with Crippen molar-refractivity contribution in [2.45, 2.75) is 25.1 Å². The Bertz CT molecular complexity index is 1010. The second-order valence-corrected chi connectivity index (χ2v) is 9.59. The first kappa shape index (κ1) is 23.1. The second-order valence-electron chi connectivity index (χ2n) is 7.79. The molecule has 0 aromatic heterocycles. The molecule has 2 aromatic carbocycles. The van der Waals surface area contributed by atoms with E-state index in [1.54, 1.807) is 30.3 Å². The molecular weight excluding hydrogens is 417 g/mol. The number of carbonyl (C=O) groups excluding carboxylic acids is 1. The molecule has 6 nitrogen and oxygen atoms in total. The maximum atomic E-state index is 13.4. The Labute approximate surface area is 183 Å². The second kappa shape index (κ2) is 10.7. The van der Waals surface area contributed by atoms with Crippen molar-refractivity contribution >= 4 is 21.6 Å². The van der Waals surface area contributed by atoms with Gasteiger partial charge in [-0.05, 0) is 54.8 Å². The van der Waals surface area contributed by atoms with Crippen LogP contribution in [0.15, 0.2) is 61.2 Å². The van der Waals surface area contributed by atoms with Crippen molar-refractivity contribution in [3.8, 4) is 0 Å². The summed E-state index contributed by atoms with van der Waals surface area (Å²) >= 11 is 0. The number of halogens is 1. The number of nitrogens with zero attached hydrogens (tertiary/aromatic N) is 1. The van der Waals surface area contributed by atoms with Crippen molar-refractivity contribution in [2.75, 3.05) is 25.0 Å². The number of hydrogen-bond acceptors (Lipinski definition) is 4. The molecule has 166 valence electrons. The van der Waals surface area contributed by atoms with Crippen molar-refractivity contribution < 1.29 is 17.6 Å². The van der Waals surface area contributed by atoms with Gasteiger partial charge in [0.2, 0.25) is 15.9 Å². The van der Waals surface area contributed by atoms with E-state index in [9.17, 15) is 17.6 Å². The lowest BCUT2D eigenvalue weighted by atomic mass is 9.96. The Morgan fingerprint density at radius 3 is 2.68 bits per heavy atom. The van der Waals surface area contributed by atoms with Crippen molar-refractivity contribution in [1.82, 2.24) is 9.62 Å². The standard InChI is InChI=1S/C23H28FN3O3S/c1-2-12-25-31(29,30)17-18-8-10-22(11-9-18)26-23(28)20-6-4-13-27(16-20)15-19-5-3-7-21(24)14-19/h2-3,5,7-11,14,20,25H,1,4,6,12-13,15-17H2,(H,26,28). The highest BCUT2D eigenvalue weighted by molar-refractivity contribution is 7.88. The highest BCUT2D eigenvalue weighted by atomic mass is 32.2. The molecule has 0 saturated carbocycles. The summed E-state index contributed by atoms with van der Waals surface area (Å²) < 4.78 is 39.8. The van der Waals surface area contributed by atoms with Gasteiger partial charge in [0.15, 0.2) is 0 Å². The lowest BCUT2D eigenvalue weighted by molar-refractivity contribution is -0.121. The summed E-state index contributed by atoms with van der Waals surface area (Å²) in [6.07, 6.45) is 3.19. The number of hydrogen-bond donors (Lipinski definition) is 2. The van der Waals surface area contributed by atoms with Gasteiger partial charge in [0.05, 0.1) is 11.7 Å². The third-order valence-electron chi connectivity index (χ3n) is 5.20. The SMILES string of the molecule is C=CCNS(=O)(=O)Cc1ccc(NC(=O)C2CCCN(Cc3cccc(F)c3)C2)cc1. The van der Waals surface area contributed by atoms with E-state index in [0.717, 1.165) is 24.9 Å². The third-order valence-corrected chi connectivity index (χ3v) is 6.52. The van der Waals surface area contributed by atoms with Crippen LogP contribution in [-0.2, 0) is 27.1 Å². The molecule has 1 unspecified atom stereocenters. The summed E-state index contributed by atoms with van der Waals surface area (Å²) in [4.78, 5) is 14.9. The van der Waals surface area contributed by atoms with Gasteiger partial charge in [-0.3, -0.25) is 9.69 Å². The lowest BCUT2D eigenvalue weighted by Crippen LogP contribution is -2.40. The van der Waals surface area contributed by atoms with Crippen LogP contribution in [0.3, 0.4) is 0 Å². The summed E-state index contributed by atoms with van der Waals surface area (Å²) in [5, 5.41) is 2.93. The summed E-state index contributed by atoms with van der Waals surface area (Å²) in [6.45, 7) is 5.79. The zero-order valence-electron chi connectivity index (χ0n) is 17.4. The summed E-state index contributed by atoms with van der Waals surface area (Å²) in [5.74, 6) is -0.592. The Kier molecular flexibility index (Phi) is 7.95. The molecule has 1 fully saturated rings. The van der Waals surface area contributed by atoms with Crippen molar-refractivity contribution in [1.29, 1.82) is 0 Å². The number of likely N-dealkylation sites (tertiary alicyclic amines) is 1. The fourth-order valence-corrected chi connectivity index (χ4v) is 4.80. The number of sulfonamides is 1. The average molecular weight is 446 g/mol. The first-order valence-electron chi connectivity index (χ1n) is 10.3. The minimum atomic E-state index is -3.42. The lowest BCUT2D eigenvalue weighted by Gasteiger charge is -2.32. The van der Waals surface area contributed by atoms with Gasteiger partial charge in [0, 0.05) is 25.3 Å². The zero-order valence-corrected chi connectivity index (χ0v) is 18.2. The van der Waals surface area contributed by atoms with Crippen LogP contribution >= 0.6 is 0 Å². The van der Waals surface area contributed by atoms with Crippen LogP contribution in [0.5, 0.6) is 0 Å². The number of benzene rings is 2. The first-order valence-corrected chi connectivity index (χ1v) is 11.9. The van der Waals surface area contributed by atoms with E-state index in [-0.39, 0.29) is 29.9 Å². The maximum absolute atomic E-state index is 13.4. The smallest absolute Gasteiger partial charge is 0.228 e. The molecule has 0 bridgehead atoms. The van der Waals surface area contributed by atoms with E-state index >= 15 is 0 Å². The highest BCUT2D eigenvalue weighted by Crippen LogP contribution is 2.21. The van der Waals surface area contributed by atoms with Gasteiger partial charge < -0.3 is 5.32 Å². The van der Waals surface area contributed by atoms with Gasteiger partial charge in [0.25, 0.3) is 0 Å². The Balaban J connectivity index is 1.54. The molecule has 1 amide bonds. The molecule has 0 radical (unpaired) electrons. The summed E-state index contributed by atoms with van der Waals surface area (Å²) in [6, 6.07) is 13.4. The van der Waals surface area contributed by atoms with Crippen LogP contribution < -0.4 is 10.0 Å². The van der Waals surface area contributed by atoms with Crippen LogP contribution in [0.1, 0.15) is 24.0 Å². The molecular formula is C23H28FN3O3S. The number of amides is 1. The van der Waals surface area contributed by atoms with Crippen LogP contribution in [0.2, 0.25) is 0 Å². The van der Waals surface area contributed by atoms with Gasteiger partial charge in [0.1, 0.15) is 5.82 Å². The molecule has 1 saturated heterocycles. The molecule has 2 N–H and O–H groups in total. The quantitative estimate of drug-likeness (QED) is 0.581. The van der Waals surface area contributed by atoms with Gasteiger partial charge in [-0.25, -0.2) is 17.5 Å². The number of carbonyl (C=O) groups is 1. The van der Waals surface area contributed by atoms with E-state index in [1.165, 1.54) is 18.2 Å². The molecule has 1 aliphatic rings. The van der Waals surface area contributed by atoms with Gasteiger partial charge >= 0.3 is 0 Å². The van der Waals surface area contributed by atoms with Crippen LogP contribution in [-0.4, -0.2) is 38.9 Å². The van der Waals surface area contributed by atoms with Gasteiger partial charge in [-0.15, -0.1) is 6.58 Å². The van der Waals surface area contributed by atoms with E-state index in [2.05, 4.69) is 21.5 Å². The topological polar surface area (TPSA) is 78.5 Å². The largest absolute Gasteiger partial charge is 0.326 e. The van der Waals surface area contributed by atoms with Crippen molar-refractivity contribution in [2.24, 2.45) is 5.92 Å². The maximum Gasteiger partial charge on any atom is 0.228 e. The molecule has 3 rings (SSSR count). The van der Waals surface area contributed by atoms with Gasteiger partial charge in [-0.2, -0.15) is 0 Å². The molecule has 1 aliphatic heterocycles. The number of rotatable bonds is 9. The van der Waals surface area contributed by atoms with Crippen molar-refractivity contribution in [3.63, 3.8) is 0 Å². The third kappa shape index (κ3) is 7.27. The molecule has 0 aliphatic carbocycles. The zero-order chi connectivity index (χ0) is 22.3. The molecule has 2 aromatic rings. The van der Waals surface area contributed by atoms with E-state index < -0.39 is 10.0 Å². The predicted molar refractivity (Wildman–Crippen MR) is 120 cm³/mol. The molecule has 1 heterocycles. The average Bonchev–Trinajstić information content (AvgIpc) is 2.74. The highest BCUT2D eigenvalue weighted by Gasteiger charge is 2.26. The van der Waals surface area contributed by atoms with Crippen molar-refractivity contribution in [3.05, 3.63) is 78.1 Å². The van der Waals surface area contributed by atoms with Crippen LogP contribution in [0, 0.1) is 11.7 Å². The van der Waals surface area contributed by atoms with Crippen LogP contribution in [0.4, 0.5) is 10.1 Å². The van der Waals surface area contributed by atoms with E-state index in [4.69, 9.17) is 0 Å². The molecule has 1 atom stereocenters. The fourth-order valence-electron chi connectivity index (χ4n) is 3.69. The Hall–Kier alpha value is -2.55. The fraction of sp³-hybridized carbons (Fsp3) is 0.348. The predicted octanol–water partition coefficient (Wildman–Crippen LogP) is 3.28. The molecule has 31 heavy (non-hydrogen) atoms. The first-order chi connectivity index (χ1) is 14.8. The van der Waals surface area contributed by atoms with Gasteiger partial charge in [-0.1, -0.05) is 30.3 Å². The summed E-state index contributed by atoms with van der Waals surface area (Å²) in [7, 11) is -3.42.